The molecule has 5 nitrogen and oxygen atoms in total. The van der Waals surface area contributed by atoms with Crippen LogP contribution in [0.1, 0.15) is 20.3 Å². The molecule has 6 heteroatoms. The third-order valence-corrected chi connectivity index (χ3v) is 2.77. The first-order valence-electron chi connectivity index (χ1n) is 6.87. The molecule has 22 heavy (non-hydrogen) atoms. The summed E-state index contributed by atoms with van der Waals surface area (Å²) >= 11 is 5.93. The number of amidine groups is 1. The fraction of sp³-hybridized carbons (Fsp3) is 0.250. The number of aliphatic imine (C=N–C) groups is 1. The highest BCUT2D eigenvalue weighted by Crippen LogP contribution is 2.27. The zero-order valence-corrected chi connectivity index (χ0v) is 13.6. The molecule has 2 N–H and O–H groups in total. The van der Waals surface area contributed by atoms with Crippen molar-refractivity contribution < 1.29 is 9.53 Å². The molecule has 0 aliphatic carbocycles. The monoisotopic (exact) mass is 321 g/mol. The minimum atomic E-state index is -0.428. The van der Waals surface area contributed by atoms with Crippen molar-refractivity contribution in [2.45, 2.75) is 20.3 Å². The van der Waals surface area contributed by atoms with E-state index in [0.717, 1.165) is 6.42 Å². The van der Waals surface area contributed by atoms with Gasteiger partial charge in [-0.05, 0) is 37.6 Å². The van der Waals surface area contributed by atoms with Crippen LogP contribution >= 0.6 is 11.6 Å². The molecule has 1 rings (SSSR count). The third-order valence-electron chi connectivity index (χ3n) is 2.53. The fourth-order valence-electron chi connectivity index (χ4n) is 1.56. The average molecular weight is 322 g/mol. The van der Waals surface area contributed by atoms with Crippen LogP contribution in [0.2, 0.25) is 5.02 Å². The number of nitrogens with one attached hydrogen (secondary N) is 2. The lowest BCUT2D eigenvalue weighted by Gasteiger charge is -2.11. The van der Waals surface area contributed by atoms with Crippen LogP contribution in [0, 0.1) is 0 Å². The number of hydrogen-bond acceptors (Lipinski definition) is 3. The number of rotatable bonds is 5. The Hall–Kier alpha value is -2.27. The highest BCUT2D eigenvalue weighted by molar-refractivity contribution is 6.31. The normalized spacial score (nSPS) is 11.9. The lowest BCUT2D eigenvalue weighted by atomic mass is 10.3. The molecular formula is C16H20ClN3O2. The van der Waals surface area contributed by atoms with E-state index in [9.17, 15) is 4.79 Å². The summed E-state index contributed by atoms with van der Waals surface area (Å²) in [6.07, 6.45) is 7.91. The molecule has 0 aliphatic rings. The first-order valence-corrected chi connectivity index (χ1v) is 7.25. The van der Waals surface area contributed by atoms with Crippen LogP contribution < -0.4 is 15.4 Å². The maximum absolute atomic E-state index is 12.1. The van der Waals surface area contributed by atoms with Crippen molar-refractivity contribution in [1.29, 1.82) is 0 Å². The number of methoxy groups -OCH3 is 1. The first kappa shape index (κ1) is 17.8. The molecule has 0 heterocycles. The molecule has 1 aromatic rings. The summed E-state index contributed by atoms with van der Waals surface area (Å²) in [6.45, 7) is 3.85. The standard InChI is InChI=1S/C16H20ClN3O2/c1-4-6-10-18-15(7-5-2)20-16(21)19-13-11-12(17)8-9-14(13)22-3/h5-11H,4H2,1-3H3,(H2,18,19,20,21)/b7-5-,10-6+. The molecule has 2 amide bonds. The SMILES string of the molecule is C\C=C/C(=N/C=C/CC)NC(=O)Nc1cc(Cl)ccc1OC. The molecule has 0 aliphatic heterocycles. The highest BCUT2D eigenvalue weighted by atomic mass is 35.5. The minimum absolute atomic E-state index is 0.428. The summed E-state index contributed by atoms with van der Waals surface area (Å²) in [5, 5.41) is 5.85. The summed E-state index contributed by atoms with van der Waals surface area (Å²) in [4.78, 5) is 16.2. The maximum atomic E-state index is 12.1. The van der Waals surface area contributed by atoms with Gasteiger partial charge in [0.05, 0.1) is 12.8 Å². The van der Waals surface area contributed by atoms with Crippen molar-refractivity contribution in [3.05, 3.63) is 47.6 Å². The Morgan fingerprint density at radius 3 is 2.86 bits per heavy atom. The van der Waals surface area contributed by atoms with E-state index < -0.39 is 6.03 Å². The predicted molar refractivity (Wildman–Crippen MR) is 91.8 cm³/mol. The molecular weight excluding hydrogens is 302 g/mol. The van der Waals surface area contributed by atoms with Gasteiger partial charge in [-0.15, -0.1) is 0 Å². The second-order valence-corrected chi connectivity index (χ2v) is 4.67. The molecule has 1 aromatic carbocycles. The lowest BCUT2D eigenvalue weighted by Crippen LogP contribution is -2.33. The number of hydrogen-bond donors (Lipinski definition) is 2. The Bertz CT molecular complexity index is 595. The second-order valence-electron chi connectivity index (χ2n) is 4.23. The van der Waals surface area contributed by atoms with Crippen LogP contribution in [0.25, 0.3) is 0 Å². The lowest BCUT2D eigenvalue weighted by molar-refractivity contribution is 0.256. The van der Waals surface area contributed by atoms with Crippen LogP contribution in [0.15, 0.2) is 47.6 Å². The molecule has 0 bridgehead atoms. The van der Waals surface area contributed by atoms with Gasteiger partial charge in [-0.2, -0.15) is 0 Å². The van der Waals surface area contributed by atoms with Gasteiger partial charge in [-0.25, -0.2) is 9.79 Å². The summed E-state index contributed by atoms with van der Waals surface area (Å²) < 4.78 is 5.18. The van der Waals surface area contributed by atoms with E-state index in [1.807, 2.05) is 19.9 Å². The molecule has 0 saturated heterocycles. The van der Waals surface area contributed by atoms with E-state index in [-0.39, 0.29) is 0 Å². The van der Waals surface area contributed by atoms with Crippen LogP contribution in [0.3, 0.4) is 0 Å². The van der Waals surface area contributed by atoms with Crippen LogP contribution in [0.5, 0.6) is 5.75 Å². The van der Waals surface area contributed by atoms with Crippen LogP contribution in [-0.2, 0) is 0 Å². The second kappa shape index (κ2) is 9.63. The number of allylic oxidation sites excluding steroid dienone is 2. The Kier molecular flexibility index (Phi) is 7.78. The van der Waals surface area contributed by atoms with Gasteiger partial charge in [0.15, 0.2) is 0 Å². The smallest absolute Gasteiger partial charge is 0.324 e. The largest absolute Gasteiger partial charge is 0.495 e. The topological polar surface area (TPSA) is 62.7 Å². The number of ether oxygens (including phenoxy) is 1. The molecule has 0 unspecified atom stereocenters. The zero-order valence-electron chi connectivity index (χ0n) is 12.9. The molecule has 0 aromatic heterocycles. The third kappa shape index (κ3) is 6.01. The van der Waals surface area contributed by atoms with E-state index in [1.54, 1.807) is 36.6 Å². The molecule has 0 fully saturated rings. The van der Waals surface area contributed by atoms with Gasteiger partial charge in [-0.1, -0.05) is 30.7 Å². The van der Waals surface area contributed by atoms with Gasteiger partial charge in [0, 0.05) is 11.2 Å². The number of urea groups is 1. The minimum Gasteiger partial charge on any atom is -0.495 e. The van der Waals surface area contributed by atoms with Gasteiger partial charge < -0.3 is 10.1 Å². The molecule has 0 saturated carbocycles. The van der Waals surface area contributed by atoms with Gasteiger partial charge in [-0.3, -0.25) is 5.32 Å². The van der Waals surface area contributed by atoms with Gasteiger partial charge >= 0.3 is 6.03 Å². The van der Waals surface area contributed by atoms with E-state index in [4.69, 9.17) is 16.3 Å². The van der Waals surface area contributed by atoms with E-state index in [0.29, 0.717) is 22.3 Å². The molecule has 118 valence electrons. The first-order chi connectivity index (χ1) is 10.6. The van der Waals surface area contributed by atoms with Crippen molar-refractivity contribution >= 4 is 29.2 Å². The van der Waals surface area contributed by atoms with Crippen LogP contribution in [0.4, 0.5) is 10.5 Å². The summed E-state index contributed by atoms with van der Waals surface area (Å²) in [7, 11) is 1.52. The number of anilines is 1. The molecule has 0 atom stereocenters. The van der Waals surface area contributed by atoms with Crippen molar-refractivity contribution in [2.24, 2.45) is 4.99 Å². The number of halogens is 1. The highest BCUT2D eigenvalue weighted by Gasteiger charge is 2.09. The number of amides is 2. The number of carbonyl (C=O) groups is 1. The quantitative estimate of drug-likeness (QED) is 0.625. The predicted octanol–water partition coefficient (Wildman–Crippen LogP) is 4.37. The van der Waals surface area contributed by atoms with Crippen molar-refractivity contribution in [3.8, 4) is 5.75 Å². The fourth-order valence-corrected chi connectivity index (χ4v) is 1.73. The van der Waals surface area contributed by atoms with Gasteiger partial charge in [0.2, 0.25) is 0 Å². The maximum Gasteiger partial charge on any atom is 0.324 e. The van der Waals surface area contributed by atoms with E-state index in [2.05, 4.69) is 15.6 Å². The number of carbonyl (C=O) groups excluding carboxylic acids is 1. The van der Waals surface area contributed by atoms with Crippen LogP contribution in [-0.4, -0.2) is 19.0 Å². The Balaban J connectivity index is 2.81. The van der Waals surface area contributed by atoms with E-state index >= 15 is 0 Å². The summed E-state index contributed by atoms with van der Waals surface area (Å²) in [5.74, 6) is 0.959. The van der Waals surface area contributed by atoms with Crippen molar-refractivity contribution in [2.75, 3.05) is 12.4 Å². The van der Waals surface area contributed by atoms with Crippen molar-refractivity contribution in [3.63, 3.8) is 0 Å². The number of benzene rings is 1. The summed E-state index contributed by atoms with van der Waals surface area (Å²) in [6, 6.07) is 4.56. The Labute approximate surface area is 135 Å². The van der Waals surface area contributed by atoms with Gasteiger partial charge in [0.25, 0.3) is 0 Å². The van der Waals surface area contributed by atoms with Crippen molar-refractivity contribution in [1.82, 2.24) is 5.32 Å². The molecule has 0 spiro atoms. The van der Waals surface area contributed by atoms with Gasteiger partial charge in [0.1, 0.15) is 11.6 Å². The van der Waals surface area contributed by atoms with E-state index in [1.165, 1.54) is 7.11 Å². The average Bonchev–Trinajstić information content (AvgIpc) is 2.48. The Morgan fingerprint density at radius 2 is 2.23 bits per heavy atom. The molecule has 0 radical (unpaired) electrons. The summed E-state index contributed by atoms with van der Waals surface area (Å²) in [5.41, 5.74) is 0.483. The zero-order chi connectivity index (χ0) is 16.4. The number of nitrogens with zero attached hydrogens (tertiary/aromatic N) is 1. The Morgan fingerprint density at radius 1 is 1.45 bits per heavy atom.